The fourth-order valence-corrected chi connectivity index (χ4v) is 5.21. The van der Waals surface area contributed by atoms with Crippen molar-refractivity contribution < 1.29 is 38.3 Å². The van der Waals surface area contributed by atoms with E-state index >= 15 is 0 Å². The van der Waals surface area contributed by atoms with E-state index in [1.165, 1.54) is 24.7 Å². The van der Waals surface area contributed by atoms with Gasteiger partial charge in [0.15, 0.2) is 24.0 Å². The summed E-state index contributed by atoms with van der Waals surface area (Å²) in [4.78, 5) is 59.5. The molecule has 1 saturated heterocycles. The molecule has 15 heteroatoms. The minimum atomic E-state index is -1.24. The van der Waals surface area contributed by atoms with Crippen molar-refractivity contribution in [3.63, 3.8) is 0 Å². The van der Waals surface area contributed by atoms with Gasteiger partial charge in [-0.15, -0.1) is 0 Å². The van der Waals surface area contributed by atoms with E-state index < -0.39 is 53.3 Å². The number of esters is 3. The Morgan fingerprint density at radius 1 is 0.933 bits per heavy atom. The maximum absolute atomic E-state index is 12.1. The smallest absolute Gasteiger partial charge is 0.463 e. The quantitative estimate of drug-likeness (QED) is 0.112. The third-order valence-corrected chi connectivity index (χ3v) is 7.07. The monoisotopic (exact) mass is 618 g/mol. The Morgan fingerprint density at radius 3 is 2.09 bits per heavy atom. The number of hydrogen-bond acceptors (Lipinski definition) is 13. The van der Waals surface area contributed by atoms with E-state index in [1.807, 2.05) is 60.7 Å². The summed E-state index contributed by atoms with van der Waals surface area (Å²) in [5.41, 5.74) is 2.20. The summed E-state index contributed by atoms with van der Waals surface area (Å²) in [6, 6.07) is 19.5. The molecule has 3 heterocycles. The molecule has 0 bridgehead atoms. The number of ether oxygens (including phenoxy) is 4. The van der Waals surface area contributed by atoms with Crippen molar-refractivity contribution in [1.29, 1.82) is 0 Å². The van der Waals surface area contributed by atoms with Gasteiger partial charge in [-0.2, -0.15) is 0 Å². The van der Waals surface area contributed by atoms with Crippen LogP contribution < -0.4 is 5.32 Å². The molecule has 4 atom stereocenters. The van der Waals surface area contributed by atoms with Gasteiger partial charge >= 0.3 is 23.9 Å². The van der Waals surface area contributed by atoms with Gasteiger partial charge < -0.3 is 34.4 Å². The average Bonchev–Trinajstić information content (AvgIpc) is 3.57. The number of nitro groups is 1. The molecule has 0 saturated carbocycles. The van der Waals surface area contributed by atoms with Crippen molar-refractivity contribution in [2.24, 2.45) is 0 Å². The lowest BCUT2D eigenvalue weighted by atomic mass is 9.91. The van der Waals surface area contributed by atoms with Crippen LogP contribution in [0.2, 0.25) is 0 Å². The summed E-state index contributed by atoms with van der Waals surface area (Å²) >= 11 is 0. The maximum Gasteiger partial charge on any atom is 0.473 e. The van der Waals surface area contributed by atoms with Crippen LogP contribution in [0.3, 0.4) is 0 Å². The number of fused-ring (bicyclic) bond motifs is 1. The van der Waals surface area contributed by atoms with Gasteiger partial charge in [-0.3, -0.25) is 19.0 Å². The average molecular weight is 619 g/mol. The van der Waals surface area contributed by atoms with Crippen LogP contribution in [0.25, 0.3) is 11.2 Å². The number of carbonyl (C=O) groups is 3. The Hall–Kier alpha value is -5.44. The number of hydrogen-bond donors (Lipinski definition) is 1. The van der Waals surface area contributed by atoms with E-state index in [4.69, 9.17) is 18.9 Å². The van der Waals surface area contributed by atoms with Crippen molar-refractivity contribution in [1.82, 2.24) is 19.5 Å². The second-order valence-electron chi connectivity index (χ2n) is 10.2. The molecule has 4 aromatic rings. The molecular weight excluding hydrogens is 588 g/mol. The molecule has 0 amide bonds. The highest BCUT2D eigenvalue weighted by Crippen LogP contribution is 2.37. The second-order valence-corrected chi connectivity index (χ2v) is 10.2. The molecule has 5 rings (SSSR count). The van der Waals surface area contributed by atoms with Gasteiger partial charge in [0.1, 0.15) is 19.0 Å². The first-order chi connectivity index (χ1) is 21.6. The third kappa shape index (κ3) is 7.04. The first-order valence-electron chi connectivity index (χ1n) is 14.0. The van der Waals surface area contributed by atoms with Gasteiger partial charge in [-0.05, 0) is 26.0 Å². The van der Waals surface area contributed by atoms with Crippen LogP contribution in [-0.2, 0) is 33.3 Å². The molecule has 2 aromatic heterocycles. The summed E-state index contributed by atoms with van der Waals surface area (Å²) in [5, 5.41) is 15.2. The number of carbonyl (C=O) groups excluding carboxylic acids is 3. The zero-order valence-corrected chi connectivity index (χ0v) is 24.6. The number of benzene rings is 2. The predicted molar refractivity (Wildman–Crippen MR) is 157 cm³/mol. The van der Waals surface area contributed by atoms with Crippen LogP contribution in [0, 0.1) is 10.1 Å². The zero-order valence-electron chi connectivity index (χ0n) is 24.6. The molecule has 234 valence electrons. The lowest BCUT2D eigenvalue weighted by Crippen LogP contribution is -2.40. The summed E-state index contributed by atoms with van der Waals surface area (Å²) < 4.78 is 23.4. The molecular formula is C30H30N6O9. The lowest BCUT2D eigenvalue weighted by molar-refractivity contribution is -0.394. The van der Waals surface area contributed by atoms with Crippen molar-refractivity contribution >= 4 is 40.8 Å². The van der Waals surface area contributed by atoms with Gasteiger partial charge in [0.25, 0.3) is 0 Å². The van der Waals surface area contributed by atoms with Crippen LogP contribution in [0.5, 0.6) is 0 Å². The highest BCUT2D eigenvalue weighted by atomic mass is 16.7. The van der Waals surface area contributed by atoms with Crippen molar-refractivity contribution in [2.45, 2.75) is 51.2 Å². The Labute approximate surface area is 256 Å². The molecule has 0 aliphatic carbocycles. The first kappa shape index (κ1) is 31.0. The molecule has 2 aromatic carbocycles. The van der Waals surface area contributed by atoms with E-state index in [0.717, 1.165) is 18.1 Å². The molecule has 15 nitrogen and oxygen atoms in total. The summed E-state index contributed by atoms with van der Waals surface area (Å²) in [5.74, 6) is -2.77. The third-order valence-electron chi connectivity index (χ3n) is 7.07. The van der Waals surface area contributed by atoms with Crippen molar-refractivity contribution in [2.75, 3.05) is 18.5 Å². The number of aromatic nitrogens is 4. The van der Waals surface area contributed by atoms with Crippen molar-refractivity contribution in [3.05, 3.63) is 88.2 Å². The highest BCUT2D eigenvalue weighted by molar-refractivity contribution is 5.84. The maximum atomic E-state index is 12.1. The van der Waals surface area contributed by atoms with Gasteiger partial charge in [0.05, 0.1) is 0 Å². The number of nitrogens with one attached hydrogen (secondary N) is 1. The SMILES string of the molecule is CC(=O)OC[C@H]1O[C@@H](n2cnc3c(NCC(c4ccccc4)c4ccccc4)nc([N+](=O)[O-])nc32)[C@H](OC(C)=O)[C@@H]1OC(C)=O. The van der Waals surface area contributed by atoms with Crippen LogP contribution >= 0.6 is 0 Å². The van der Waals surface area contributed by atoms with E-state index in [9.17, 15) is 24.5 Å². The molecule has 1 aliphatic rings. The fraction of sp³-hybridized carbons (Fsp3) is 0.333. The van der Waals surface area contributed by atoms with E-state index in [-0.39, 0.29) is 29.5 Å². The number of nitrogens with zero attached hydrogens (tertiary/aromatic N) is 5. The lowest BCUT2D eigenvalue weighted by Gasteiger charge is -2.23. The van der Waals surface area contributed by atoms with Gasteiger partial charge in [0.2, 0.25) is 11.5 Å². The Kier molecular flexibility index (Phi) is 9.28. The highest BCUT2D eigenvalue weighted by Gasteiger charge is 2.51. The van der Waals surface area contributed by atoms with Crippen LogP contribution in [-0.4, -0.2) is 73.8 Å². The standard InChI is InChI=1S/C30H30N6O9/c1-17(37)42-15-23-25(43-18(2)38)26(44-19(3)39)29(45-23)35-16-32-24-27(33-30(36(40)41)34-28(24)35)31-14-22(20-10-6-4-7-11-20)21-12-8-5-9-13-21/h4-13,16,22-23,25-26,29H,14-15H2,1-3H3,(H,31,33,34)/t23-,25-,26-,29-/m1/s1. The van der Waals surface area contributed by atoms with E-state index in [0.29, 0.717) is 6.54 Å². The molecule has 1 N–H and O–H groups in total. The normalized spacial score (nSPS) is 19.3. The molecule has 45 heavy (non-hydrogen) atoms. The van der Waals surface area contributed by atoms with Crippen molar-refractivity contribution in [3.8, 4) is 0 Å². The molecule has 0 spiro atoms. The van der Waals surface area contributed by atoms with Crippen LogP contribution in [0.4, 0.5) is 11.8 Å². The van der Waals surface area contributed by atoms with Gasteiger partial charge in [0, 0.05) is 33.2 Å². The summed E-state index contributed by atoms with van der Waals surface area (Å²) in [6.07, 6.45) is -3.38. The predicted octanol–water partition coefficient (Wildman–Crippen LogP) is 3.30. The fourth-order valence-electron chi connectivity index (χ4n) is 5.21. The number of rotatable bonds is 11. The largest absolute Gasteiger partial charge is 0.473 e. The van der Waals surface area contributed by atoms with E-state index in [1.54, 1.807) is 0 Å². The van der Waals surface area contributed by atoms with E-state index in [2.05, 4.69) is 20.3 Å². The Morgan fingerprint density at radius 2 is 1.53 bits per heavy atom. The minimum absolute atomic E-state index is 0.00737. The molecule has 0 radical (unpaired) electrons. The van der Waals surface area contributed by atoms with Crippen LogP contribution in [0.15, 0.2) is 67.0 Å². The van der Waals surface area contributed by atoms with Gasteiger partial charge in [-0.1, -0.05) is 60.7 Å². The number of anilines is 1. The minimum Gasteiger partial charge on any atom is -0.463 e. The topological polar surface area (TPSA) is 187 Å². The molecule has 1 aliphatic heterocycles. The zero-order chi connectivity index (χ0) is 32.1. The summed E-state index contributed by atoms with van der Waals surface area (Å²) in [6.45, 7) is 3.51. The number of imidazole rings is 1. The Bertz CT molecular complexity index is 1660. The van der Waals surface area contributed by atoms with Crippen LogP contribution in [0.1, 0.15) is 44.0 Å². The Balaban J connectivity index is 1.54. The first-order valence-corrected chi connectivity index (χ1v) is 14.0. The molecule has 0 unspecified atom stereocenters. The molecule has 1 fully saturated rings. The van der Waals surface area contributed by atoms with Gasteiger partial charge in [-0.25, -0.2) is 4.98 Å². The second kappa shape index (κ2) is 13.5. The summed E-state index contributed by atoms with van der Waals surface area (Å²) in [7, 11) is 0.